The zero-order valence-corrected chi connectivity index (χ0v) is 11.4. The summed E-state index contributed by atoms with van der Waals surface area (Å²) in [6, 6.07) is 5.87. The number of amidine groups is 1. The van der Waals surface area contributed by atoms with E-state index in [1.807, 2.05) is 0 Å². The van der Waals surface area contributed by atoms with Crippen molar-refractivity contribution in [2.75, 3.05) is 24.7 Å². The molecule has 0 aliphatic carbocycles. The Balaban J connectivity index is 2.27. The quantitative estimate of drug-likeness (QED) is 0.272. The third-order valence-electron chi connectivity index (χ3n) is 2.63. The van der Waals surface area contributed by atoms with Gasteiger partial charge < -0.3 is 4.74 Å². The second-order valence-electron chi connectivity index (χ2n) is 3.91. The number of ether oxygens (including phenoxy) is 1. The van der Waals surface area contributed by atoms with Crippen LogP contribution in [0.2, 0.25) is 0 Å². The van der Waals surface area contributed by atoms with Gasteiger partial charge in [0.25, 0.3) is 5.69 Å². The minimum atomic E-state index is -0.470. The van der Waals surface area contributed by atoms with Gasteiger partial charge in [-0.15, -0.1) is 0 Å². The maximum absolute atomic E-state index is 10.6. The molecule has 0 N–H and O–H groups in total. The van der Waals surface area contributed by atoms with Crippen LogP contribution in [0.1, 0.15) is 5.56 Å². The van der Waals surface area contributed by atoms with E-state index in [-0.39, 0.29) is 16.4 Å². The van der Waals surface area contributed by atoms with Gasteiger partial charge in [-0.25, -0.2) is 4.36 Å². The van der Waals surface area contributed by atoms with Gasteiger partial charge >= 0.3 is 0 Å². The Hall–Kier alpha value is -2.11. The van der Waals surface area contributed by atoms with Crippen molar-refractivity contribution < 1.29 is 9.66 Å². The van der Waals surface area contributed by atoms with Crippen LogP contribution in [-0.2, 0) is 15.4 Å². The van der Waals surface area contributed by atoms with Gasteiger partial charge in [-0.05, 0) is 12.1 Å². The summed E-state index contributed by atoms with van der Waals surface area (Å²) in [7, 11) is -0.207. The Morgan fingerprint density at radius 1 is 1.35 bits per heavy atom. The SMILES string of the molecule is N#CN=C(N=S1CCOCC1)c1ccc([N+](=O)[O-])cc1. The normalized spacial score (nSPS) is 16.4. The van der Waals surface area contributed by atoms with Crippen molar-refractivity contribution in [3.63, 3.8) is 0 Å². The van der Waals surface area contributed by atoms with Crippen molar-refractivity contribution >= 4 is 22.2 Å². The summed E-state index contributed by atoms with van der Waals surface area (Å²) in [5, 5.41) is 19.4. The van der Waals surface area contributed by atoms with Crippen LogP contribution in [0.4, 0.5) is 5.69 Å². The topological polar surface area (TPSA) is 101 Å². The molecule has 8 heteroatoms. The number of nitro benzene ring substituents is 1. The molecule has 0 spiro atoms. The first-order valence-corrected chi connectivity index (χ1v) is 7.41. The van der Waals surface area contributed by atoms with Crippen molar-refractivity contribution in [1.29, 1.82) is 5.26 Å². The first-order valence-electron chi connectivity index (χ1n) is 5.89. The summed E-state index contributed by atoms with van der Waals surface area (Å²) in [6.07, 6.45) is 1.73. The third kappa shape index (κ3) is 3.69. The lowest BCUT2D eigenvalue weighted by atomic mass is 10.2. The summed E-state index contributed by atoms with van der Waals surface area (Å²) in [5.74, 6) is 1.96. The van der Waals surface area contributed by atoms with Crippen molar-refractivity contribution in [2.45, 2.75) is 0 Å². The lowest BCUT2D eigenvalue weighted by Gasteiger charge is -2.14. The summed E-state index contributed by atoms with van der Waals surface area (Å²) >= 11 is 0. The molecule has 0 saturated carbocycles. The van der Waals surface area contributed by atoms with E-state index in [9.17, 15) is 10.1 Å². The number of hydrogen-bond acceptors (Lipinski definition) is 5. The standard InChI is InChI=1S/C12H12N4O3S/c13-9-14-12(15-20-7-5-19-6-8-20)10-1-3-11(4-2-10)16(17)18/h1-4H,5-8H2. The fraction of sp³-hybridized carbons (Fsp3) is 0.333. The van der Waals surface area contributed by atoms with Gasteiger partial charge in [-0.3, -0.25) is 10.1 Å². The molecule has 104 valence electrons. The second kappa shape index (κ2) is 6.88. The number of nitriles is 1. The van der Waals surface area contributed by atoms with Crippen LogP contribution < -0.4 is 0 Å². The Morgan fingerprint density at radius 2 is 2.00 bits per heavy atom. The molecule has 1 fully saturated rings. The summed E-state index contributed by atoms with van der Waals surface area (Å²) < 4.78 is 9.73. The number of hydrogen-bond donors (Lipinski definition) is 0. The molecule has 0 aromatic heterocycles. The van der Waals surface area contributed by atoms with Crippen LogP contribution in [0.25, 0.3) is 0 Å². The molecule has 1 saturated heterocycles. The van der Waals surface area contributed by atoms with Gasteiger partial charge in [0.2, 0.25) is 6.19 Å². The lowest BCUT2D eigenvalue weighted by Crippen LogP contribution is -2.21. The largest absolute Gasteiger partial charge is 0.380 e. The number of non-ortho nitro benzene ring substituents is 1. The fourth-order valence-corrected chi connectivity index (χ4v) is 3.04. The highest BCUT2D eigenvalue weighted by Crippen LogP contribution is 2.14. The molecular weight excluding hydrogens is 280 g/mol. The van der Waals surface area contributed by atoms with Crippen molar-refractivity contribution in [2.24, 2.45) is 9.36 Å². The molecule has 0 unspecified atom stereocenters. The molecule has 1 aliphatic rings. The molecular formula is C12H12N4O3S. The van der Waals surface area contributed by atoms with E-state index in [1.54, 1.807) is 18.3 Å². The number of rotatable bonds is 2. The van der Waals surface area contributed by atoms with Crippen molar-refractivity contribution in [3.05, 3.63) is 39.9 Å². The zero-order valence-electron chi connectivity index (χ0n) is 10.6. The number of benzene rings is 1. The molecule has 0 amide bonds. The monoisotopic (exact) mass is 292 g/mol. The van der Waals surface area contributed by atoms with Crippen LogP contribution in [0.5, 0.6) is 0 Å². The first kappa shape index (κ1) is 14.3. The van der Waals surface area contributed by atoms with E-state index >= 15 is 0 Å². The van der Waals surface area contributed by atoms with Crippen LogP contribution in [-0.4, -0.2) is 35.5 Å². The van der Waals surface area contributed by atoms with E-state index in [1.165, 1.54) is 12.1 Å². The molecule has 0 bridgehead atoms. The molecule has 1 aromatic rings. The molecule has 20 heavy (non-hydrogen) atoms. The number of aliphatic imine (C=N–C) groups is 1. The van der Waals surface area contributed by atoms with E-state index in [2.05, 4.69) is 9.36 Å². The highest BCUT2D eigenvalue weighted by Gasteiger charge is 2.10. The van der Waals surface area contributed by atoms with E-state index in [4.69, 9.17) is 10.00 Å². The summed E-state index contributed by atoms with van der Waals surface area (Å²) in [5.41, 5.74) is 0.606. The average Bonchev–Trinajstić information content (AvgIpc) is 2.48. The number of nitrogens with zero attached hydrogens (tertiary/aromatic N) is 4. The Labute approximate surface area is 118 Å². The van der Waals surface area contributed by atoms with Crippen LogP contribution in [0, 0.1) is 21.6 Å². The fourth-order valence-electron chi connectivity index (χ4n) is 1.65. The van der Waals surface area contributed by atoms with Crippen LogP contribution >= 0.6 is 0 Å². The minimum Gasteiger partial charge on any atom is -0.380 e. The molecule has 2 rings (SSSR count). The highest BCUT2D eigenvalue weighted by molar-refractivity contribution is 7.87. The maximum Gasteiger partial charge on any atom is 0.269 e. The van der Waals surface area contributed by atoms with Crippen LogP contribution in [0.15, 0.2) is 33.6 Å². The molecule has 0 radical (unpaired) electrons. The van der Waals surface area contributed by atoms with Gasteiger partial charge in [0.1, 0.15) is 0 Å². The van der Waals surface area contributed by atoms with Crippen molar-refractivity contribution in [3.8, 4) is 6.19 Å². The molecule has 1 heterocycles. The minimum absolute atomic E-state index is 0.00132. The Kier molecular flexibility index (Phi) is 4.92. The molecule has 1 aliphatic heterocycles. The number of nitro groups is 1. The Bertz CT molecular complexity index is 596. The van der Waals surface area contributed by atoms with E-state index < -0.39 is 4.92 Å². The predicted octanol–water partition coefficient (Wildman–Crippen LogP) is 1.65. The third-order valence-corrected chi connectivity index (χ3v) is 4.34. The second-order valence-corrected chi connectivity index (χ2v) is 5.84. The van der Waals surface area contributed by atoms with Gasteiger partial charge in [-0.1, -0.05) is 10.7 Å². The zero-order chi connectivity index (χ0) is 14.4. The maximum atomic E-state index is 10.6. The van der Waals surface area contributed by atoms with Crippen LogP contribution in [0.3, 0.4) is 0 Å². The smallest absolute Gasteiger partial charge is 0.269 e. The van der Waals surface area contributed by atoms with E-state index in [0.29, 0.717) is 24.6 Å². The van der Waals surface area contributed by atoms with Gasteiger partial charge in [0.05, 0.1) is 18.1 Å². The highest BCUT2D eigenvalue weighted by atomic mass is 32.2. The molecule has 7 nitrogen and oxygen atoms in total. The van der Waals surface area contributed by atoms with Gasteiger partial charge in [0.15, 0.2) is 5.84 Å². The van der Waals surface area contributed by atoms with E-state index in [0.717, 1.165) is 11.5 Å². The first-order chi connectivity index (χ1) is 9.70. The van der Waals surface area contributed by atoms with Gasteiger partial charge in [0, 0.05) is 29.2 Å². The Morgan fingerprint density at radius 3 is 2.55 bits per heavy atom. The molecule has 0 atom stereocenters. The van der Waals surface area contributed by atoms with Gasteiger partial charge in [-0.2, -0.15) is 10.3 Å². The average molecular weight is 292 g/mol. The predicted molar refractivity (Wildman–Crippen MR) is 75.6 cm³/mol. The van der Waals surface area contributed by atoms with Crippen molar-refractivity contribution in [1.82, 2.24) is 0 Å². The lowest BCUT2D eigenvalue weighted by molar-refractivity contribution is -0.384. The molecule has 1 aromatic carbocycles. The summed E-state index contributed by atoms with van der Waals surface area (Å²) in [6.45, 7) is 1.32. The summed E-state index contributed by atoms with van der Waals surface area (Å²) in [4.78, 5) is 13.9.